The maximum absolute atomic E-state index is 8.50. The van der Waals surface area contributed by atoms with Crippen molar-refractivity contribution in [2.75, 3.05) is 6.61 Å². The van der Waals surface area contributed by atoms with Gasteiger partial charge in [-0.1, -0.05) is 5.16 Å². The molecule has 1 heterocycles. The monoisotopic (exact) mass is 245 g/mol. The van der Waals surface area contributed by atoms with Crippen molar-refractivity contribution in [3.8, 4) is 0 Å². The van der Waals surface area contributed by atoms with Crippen molar-refractivity contribution < 1.29 is 14.4 Å². The summed E-state index contributed by atoms with van der Waals surface area (Å²) < 4.78 is 11.3. The van der Waals surface area contributed by atoms with Crippen LogP contribution in [0.5, 0.6) is 0 Å². The molecule has 1 aromatic carbocycles. The quantitative estimate of drug-likeness (QED) is 0.500. The lowest BCUT2D eigenvalue weighted by molar-refractivity contribution is 0.0984. The fourth-order valence-electron chi connectivity index (χ4n) is 1.95. The summed E-state index contributed by atoms with van der Waals surface area (Å²) in [6, 6.07) is 7.61. The molecule has 0 bridgehead atoms. The van der Waals surface area contributed by atoms with Crippen molar-refractivity contribution in [2.24, 2.45) is 11.1 Å². The van der Waals surface area contributed by atoms with Crippen molar-refractivity contribution in [3.05, 3.63) is 35.6 Å². The van der Waals surface area contributed by atoms with Crippen LogP contribution in [0.15, 0.2) is 33.8 Å². The van der Waals surface area contributed by atoms with E-state index in [2.05, 4.69) is 5.16 Å². The zero-order valence-corrected chi connectivity index (χ0v) is 10.0. The molecule has 4 heteroatoms. The number of oxime groups is 1. The highest BCUT2D eigenvalue weighted by Gasteiger charge is 2.21. The first kappa shape index (κ1) is 11.3. The molecule has 0 saturated heterocycles. The van der Waals surface area contributed by atoms with Gasteiger partial charge >= 0.3 is 0 Å². The first-order valence-corrected chi connectivity index (χ1v) is 6.13. The highest BCUT2D eigenvalue weighted by molar-refractivity contribution is 5.88. The van der Waals surface area contributed by atoms with Crippen molar-refractivity contribution in [1.82, 2.24) is 0 Å². The largest absolute Gasteiger partial charge is 0.459 e. The molecule has 1 aliphatic rings. The average Bonchev–Trinajstić information content (AvgIpc) is 3.08. The zero-order valence-electron chi connectivity index (χ0n) is 10.0. The van der Waals surface area contributed by atoms with Crippen LogP contribution in [0.2, 0.25) is 0 Å². The molecule has 4 nitrogen and oxygen atoms in total. The van der Waals surface area contributed by atoms with E-state index in [-0.39, 0.29) is 0 Å². The average molecular weight is 245 g/mol. The van der Waals surface area contributed by atoms with Crippen LogP contribution >= 0.6 is 0 Å². The van der Waals surface area contributed by atoms with E-state index in [9.17, 15) is 0 Å². The third-order valence-corrected chi connectivity index (χ3v) is 3.09. The Hall–Kier alpha value is -1.81. The van der Waals surface area contributed by atoms with E-state index >= 15 is 0 Å². The smallest absolute Gasteiger partial charge is 0.134 e. The van der Waals surface area contributed by atoms with Gasteiger partial charge in [0.15, 0.2) is 0 Å². The molecule has 1 aliphatic carbocycles. The molecule has 18 heavy (non-hydrogen) atoms. The van der Waals surface area contributed by atoms with Crippen LogP contribution in [0.25, 0.3) is 11.0 Å². The highest BCUT2D eigenvalue weighted by atomic mass is 16.5. The molecular weight excluding hydrogens is 230 g/mol. The summed E-state index contributed by atoms with van der Waals surface area (Å²) in [5.74, 6) is 1.60. The van der Waals surface area contributed by atoms with Gasteiger partial charge in [0.05, 0.1) is 6.21 Å². The Balaban J connectivity index is 1.72. The molecule has 2 aromatic rings. The highest BCUT2D eigenvalue weighted by Crippen LogP contribution is 2.29. The zero-order chi connectivity index (χ0) is 12.4. The van der Waals surface area contributed by atoms with Crippen LogP contribution in [0.3, 0.4) is 0 Å². The number of benzene rings is 1. The SMILES string of the molecule is ON=Cc1ccc2oc(COCC3CC3)cc2c1. The van der Waals surface area contributed by atoms with Crippen molar-refractivity contribution in [3.63, 3.8) is 0 Å². The van der Waals surface area contributed by atoms with E-state index in [4.69, 9.17) is 14.4 Å². The Kier molecular flexibility index (Phi) is 3.02. The lowest BCUT2D eigenvalue weighted by Gasteiger charge is -1.98. The Morgan fingerprint density at radius 3 is 3.06 bits per heavy atom. The predicted molar refractivity (Wildman–Crippen MR) is 68.0 cm³/mol. The molecule has 1 saturated carbocycles. The molecule has 1 fully saturated rings. The van der Waals surface area contributed by atoms with Gasteiger partial charge in [-0.05, 0) is 48.6 Å². The normalized spacial score (nSPS) is 15.8. The molecule has 0 aliphatic heterocycles. The summed E-state index contributed by atoms with van der Waals surface area (Å²) in [4.78, 5) is 0. The van der Waals surface area contributed by atoms with Gasteiger partial charge in [0.1, 0.15) is 18.0 Å². The van der Waals surface area contributed by atoms with Crippen LogP contribution < -0.4 is 0 Å². The standard InChI is InChI=1S/C14H15NO3/c16-15-7-11-3-4-14-12(5-11)6-13(18-14)9-17-8-10-1-2-10/h3-7,10,16H,1-2,8-9H2. The van der Waals surface area contributed by atoms with Gasteiger partial charge in [-0.2, -0.15) is 0 Å². The van der Waals surface area contributed by atoms with Gasteiger partial charge < -0.3 is 14.4 Å². The fourth-order valence-corrected chi connectivity index (χ4v) is 1.95. The Labute approximate surface area is 105 Å². The number of rotatable bonds is 5. The molecule has 0 atom stereocenters. The van der Waals surface area contributed by atoms with Gasteiger partial charge in [0, 0.05) is 12.0 Å². The van der Waals surface area contributed by atoms with E-state index in [1.807, 2.05) is 24.3 Å². The number of ether oxygens (including phenoxy) is 1. The number of hydrogen-bond donors (Lipinski definition) is 1. The van der Waals surface area contributed by atoms with Gasteiger partial charge in [-0.3, -0.25) is 0 Å². The molecule has 3 rings (SSSR count). The first-order chi connectivity index (χ1) is 8.85. The third kappa shape index (κ3) is 2.54. The summed E-state index contributed by atoms with van der Waals surface area (Å²) in [5.41, 5.74) is 1.67. The fraction of sp³-hybridized carbons (Fsp3) is 0.357. The van der Waals surface area contributed by atoms with E-state index in [0.29, 0.717) is 6.61 Å². The van der Waals surface area contributed by atoms with Crippen LogP contribution in [-0.2, 0) is 11.3 Å². The number of nitrogens with zero attached hydrogens (tertiary/aromatic N) is 1. The molecule has 0 amide bonds. The predicted octanol–water partition coefficient (Wildman–Crippen LogP) is 3.17. The number of hydrogen-bond acceptors (Lipinski definition) is 4. The molecule has 0 unspecified atom stereocenters. The lowest BCUT2D eigenvalue weighted by Crippen LogP contribution is -1.95. The van der Waals surface area contributed by atoms with Gasteiger partial charge in [-0.25, -0.2) is 0 Å². The summed E-state index contributed by atoms with van der Waals surface area (Å²) in [5, 5.41) is 12.5. The van der Waals surface area contributed by atoms with Gasteiger partial charge in [0.2, 0.25) is 0 Å². The molecule has 0 radical (unpaired) electrons. The second kappa shape index (κ2) is 4.82. The van der Waals surface area contributed by atoms with E-state index < -0.39 is 0 Å². The summed E-state index contributed by atoms with van der Waals surface area (Å²) in [6.45, 7) is 1.36. The first-order valence-electron chi connectivity index (χ1n) is 6.13. The Morgan fingerprint density at radius 1 is 1.39 bits per heavy atom. The molecular formula is C14H15NO3. The van der Waals surface area contributed by atoms with Gasteiger partial charge in [-0.15, -0.1) is 0 Å². The minimum absolute atomic E-state index is 0.522. The van der Waals surface area contributed by atoms with Gasteiger partial charge in [0.25, 0.3) is 0 Å². The lowest BCUT2D eigenvalue weighted by atomic mass is 10.2. The Morgan fingerprint density at radius 2 is 2.28 bits per heavy atom. The summed E-state index contributed by atoms with van der Waals surface area (Å²) >= 11 is 0. The van der Waals surface area contributed by atoms with Crippen LogP contribution in [0.4, 0.5) is 0 Å². The maximum Gasteiger partial charge on any atom is 0.134 e. The third-order valence-electron chi connectivity index (χ3n) is 3.09. The second-order valence-electron chi connectivity index (χ2n) is 4.71. The minimum Gasteiger partial charge on any atom is -0.459 e. The van der Waals surface area contributed by atoms with E-state index in [1.54, 1.807) is 0 Å². The number of fused-ring (bicyclic) bond motifs is 1. The topological polar surface area (TPSA) is 55.0 Å². The van der Waals surface area contributed by atoms with Crippen LogP contribution in [0.1, 0.15) is 24.2 Å². The van der Waals surface area contributed by atoms with E-state index in [0.717, 1.165) is 34.8 Å². The van der Waals surface area contributed by atoms with Crippen molar-refractivity contribution in [1.29, 1.82) is 0 Å². The number of furan rings is 1. The minimum atomic E-state index is 0.522. The van der Waals surface area contributed by atoms with Crippen molar-refractivity contribution in [2.45, 2.75) is 19.4 Å². The maximum atomic E-state index is 8.50. The second-order valence-corrected chi connectivity index (χ2v) is 4.71. The molecule has 1 N–H and O–H groups in total. The van der Waals surface area contributed by atoms with E-state index in [1.165, 1.54) is 19.1 Å². The molecule has 0 spiro atoms. The van der Waals surface area contributed by atoms with Crippen LogP contribution in [-0.4, -0.2) is 18.0 Å². The Bertz CT molecular complexity index is 569. The molecule has 94 valence electrons. The molecule has 1 aromatic heterocycles. The summed E-state index contributed by atoms with van der Waals surface area (Å²) in [7, 11) is 0. The van der Waals surface area contributed by atoms with Crippen LogP contribution in [0, 0.1) is 5.92 Å². The van der Waals surface area contributed by atoms with Crippen molar-refractivity contribution >= 4 is 17.2 Å². The summed E-state index contributed by atoms with van der Waals surface area (Å²) in [6.07, 6.45) is 3.99.